The zero-order valence-electron chi connectivity index (χ0n) is 17.0. The summed E-state index contributed by atoms with van der Waals surface area (Å²) in [7, 11) is 0. The maximum Gasteiger partial charge on any atom is 0.250 e. The second-order valence-electron chi connectivity index (χ2n) is 7.55. The molecule has 0 saturated heterocycles. The van der Waals surface area contributed by atoms with E-state index in [0.717, 1.165) is 56.8 Å². The summed E-state index contributed by atoms with van der Waals surface area (Å²) in [5.41, 5.74) is 0.0723. The number of halogens is 1. The molecule has 0 spiro atoms. The SMILES string of the molecule is CCNC(=NCCCCn1ccccc1=O)NCCC1CCCC(C)C1.I. The topological polar surface area (TPSA) is 58.4 Å². The minimum absolute atomic E-state index is 0. The van der Waals surface area contributed by atoms with Crippen molar-refractivity contribution >= 4 is 29.9 Å². The summed E-state index contributed by atoms with van der Waals surface area (Å²) in [6, 6.07) is 5.30. The lowest BCUT2D eigenvalue weighted by atomic mass is 9.81. The number of aromatic nitrogens is 1. The highest BCUT2D eigenvalue weighted by Gasteiger charge is 2.18. The van der Waals surface area contributed by atoms with Crippen LogP contribution in [0.3, 0.4) is 0 Å². The Morgan fingerprint density at radius 2 is 2.11 bits per heavy atom. The molecule has 1 aliphatic rings. The van der Waals surface area contributed by atoms with Crippen LogP contribution in [0, 0.1) is 11.8 Å². The quantitative estimate of drug-likeness (QED) is 0.239. The van der Waals surface area contributed by atoms with Gasteiger partial charge in [-0.2, -0.15) is 0 Å². The zero-order valence-corrected chi connectivity index (χ0v) is 19.3. The van der Waals surface area contributed by atoms with E-state index in [9.17, 15) is 4.79 Å². The largest absolute Gasteiger partial charge is 0.357 e. The van der Waals surface area contributed by atoms with Crippen molar-refractivity contribution < 1.29 is 0 Å². The summed E-state index contributed by atoms with van der Waals surface area (Å²) < 4.78 is 1.76. The van der Waals surface area contributed by atoms with Gasteiger partial charge >= 0.3 is 0 Å². The average molecular weight is 488 g/mol. The number of guanidine groups is 1. The first-order valence-corrected chi connectivity index (χ1v) is 10.4. The summed E-state index contributed by atoms with van der Waals surface area (Å²) in [6.45, 7) is 7.92. The molecule has 154 valence electrons. The van der Waals surface area contributed by atoms with Crippen molar-refractivity contribution in [3.63, 3.8) is 0 Å². The van der Waals surface area contributed by atoms with Gasteiger partial charge in [0.1, 0.15) is 0 Å². The van der Waals surface area contributed by atoms with Gasteiger partial charge in [-0.05, 0) is 50.5 Å². The molecule has 1 heterocycles. The highest BCUT2D eigenvalue weighted by molar-refractivity contribution is 14.0. The number of aliphatic imine (C=N–C) groups is 1. The molecule has 5 nitrogen and oxygen atoms in total. The molecule has 1 aromatic heterocycles. The Labute approximate surface area is 181 Å². The first kappa shape index (κ1) is 24.0. The number of pyridine rings is 1. The molecule has 0 aromatic carbocycles. The van der Waals surface area contributed by atoms with Crippen LogP contribution in [0.2, 0.25) is 0 Å². The van der Waals surface area contributed by atoms with Crippen LogP contribution >= 0.6 is 24.0 Å². The molecule has 1 saturated carbocycles. The van der Waals surface area contributed by atoms with Gasteiger partial charge in [0.15, 0.2) is 5.96 Å². The fourth-order valence-corrected chi connectivity index (χ4v) is 3.79. The van der Waals surface area contributed by atoms with Crippen molar-refractivity contribution in [2.45, 2.75) is 65.3 Å². The lowest BCUT2D eigenvalue weighted by Crippen LogP contribution is -2.38. The second kappa shape index (κ2) is 14.0. The predicted octanol–water partition coefficient (Wildman–Crippen LogP) is 4.02. The van der Waals surface area contributed by atoms with E-state index in [4.69, 9.17) is 0 Å². The lowest BCUT2D eigenvalue weighted by molar-refractivity contribution is 0.270. The monoisotopic (exact) mass is 488 g/mol. The van der Waals surface area contributed by atoms with E-state index in [1.165, 1.54) is 32.1 Å². The Morgan fingerprint density at radius 1 is 1.26 bits per heavy atom. The zero-order chi connectivity index (χ0) is 18.6. The van der Waals surface area contributed by atoms with E-state index in [1.54, 1.807) is 16.7 Å². The molecule has 1 fully saturated rings. The molecule has 0 bridgehead atoms. The fourth-order valence-electron chi connectivity index (χ4n) is 3.79. The van der Waals surface area contributed by atoms with Crippen LogP contribution in [0.15, 0.2) is 34.2 Å². The molecule has 2 rings (SSSR count). The Morgan fingerprint density at radius 3 is 2.85 bits per heavy atom. The smallest absolute Gasteiger partial charge is 0.250 e. The maximum absolute atomic E-state index is 11.7. The third kappa shape index (κ3) is 9.63. The third-order valence-electron chi connectivity index (χ3n) is 5.21. The highest BCUT2D eigenvalue weighted by atomic mass is 127. The Hall–Kier alpha value is -1.05. The van der Waals surface area contributed by atoms with Crippen LogP contribution in [0.1, 0.15) is 58.8 Å². The molecule has 1 aliphatic carbocycles. The van der Waals surface area contributed by atoms with Crippen LogP contribution in [-0.2, 0) is 6.54 Å². The van der Waals surface area contributed by atoms with Crippen LogP contribution in [0.5, 0.6) is 0 Å². The van der Waals surface area contributed by atoms with Crippen LogP contribution in [0.4, 0.5) is 0 Å². The van der Waals surface area contributed by atoms with E-state index in [-0.39, 0.29) is 29.5 Å². The van der Waals surface area contributed by atoms with Crippen LogP contribution in [-0.4, -0.2) is 30.2 Å². The molecule has 0 radical (unpaired) electrons. The van der Waals surface area contributed by atoms with Crippen molar-refractivity contribution in [1.29, 1.82) is 0 Å². The summed E-state index contributed by atoms with van der Waals surface area (Å²) in [6.07, 6.45) is 10.6. The Kier molecular flexibility index (Phi) is 12.5. The first-order chi connectivity index (χ1) is 12.7. The average Bonchev–Trinajstić information content (AvgIpc) is 2.63. The maximum atomic E-state index is 11.7. The molecular weight excluding hydrogens is 451 g/mol. The van der Waals surface area contributed by atoms with Gasteiger partial charge in [0, 0.05) is 38.4 Å². The van der Waals surface area contributed by atoms with Crippen molar-refractivity contribution in [1.82, 2.24) is 15.2 Å². The number of hydrogen-bond donors (Lipinski definition) is 2. The van der Waals surface area contributed by atoms with E-state index in [1.807, 2.05) is 12.3 Å². The minimum Gasteiger partial charge on any atom is -0.357 e. The van der Waals surface area contributed by atoms with Crippen LogP contribution in [0.25, 0.3) is 0 Å². The lowest BCUT2D eigenvalue weighted by Gasteiger charge is -2.26. The summed E-state index contributed by atoms with van der Waals surface area (Å²) >= 11 is 0. The van der Waals surface area contributed by atoms with Crippen molar-refractivity contribution in [2.24, 2.45) is 16.8 Å². The first-order valence-electron chi connectivity index (χ1n) is 10.4. The van der Waals surface area contributed by atoms with E-state index in [2.05, 4.69) is 29.5 Å². The standard InChI is InChI=1S/C21H36N4O.HI/c1-3-22-21(24-14-12-19-10-8-9-18(2)17-19)23-13-5-7-16-25-15-6-4-11-20(25)26;/h4,6,11,15,18-19H,3,5,7-10,12-14,16-17H2,1-2H3,(H2,22,23,24);1H. The van der Waals surface area contributed by atoms with Crippen molar-refractivity contribution in [3.8, 4) is 0 Å². The molecule has 2 N–H and O–H groups in total. The molecule has 2 atom stereocenters. The van der Waals surface area contributed by atoms with Crippen molar-refractivity contribution in [3.05, 3.63) is 34.7 Å². The summed E-state index contributed by atoms with van der Waals surface area (Å²) in [5.74, 6) is 2.69. The predicted molar refractivity (Wildman–Crippen MR) is 125 cm³/mol. The molecule has 1 aromatic rings. The van der Waals surface area contributed by atoms with Gasteiger partial charge in [-0.1, -0.05) is 32.3 Å². The normalized spacial score (nSPS) is 20.0. The minimum atomic E-state index is 0. The molecule has 2 unspecified atom stereocenters. The van der Waals surface area contributed by atoms with Gasteiger partial charge in [-0.15, -0.1) is 24.0 Å². The van der Waals surface area contributed by atoms with Gasteiger partial charge in [0.05, 0.1) is 0 Å². The molecule has 27 heavy (non-hydrogen) atoms. The second-order valence-corrected chi connectivity index (χ2v) is 7.55. The molecule has 0 aliphatic heterocycles. The number of hydrogen-bond acceptors (Lipinski definition) is 2. The number of nitrogens with zero attached hydrogens (tertiary/aromatic N) is 2. The van der Waals surface area contributed by atoms with Crippen molar-refractivity contribution in [2.75, 3.05) is 19.6 Å². The molecular formula is C21H37IN4O. The number of rotatable bonds is 9. The van der Waals surface area contributed by atoms with Gasteiger partial charge in [0.25, 0.3) is 0 Å². The molecule has 6 heteroatoms. The fraction of sp³-hybridized carbons (Fsp3) is 0.714. The van der Waals surface area contributed by atoms with Gasteiger partial charge in [0.2, 0.25) is 5.56 Å². The molecule has 0 amide bonds. The van der Waals surface area contributed by atoms with Gasteiger partial charge in [-0.3, -0.25) is 9.79 Å². The Balaban J connectivity index is 0.00000364. The number of nitrogens with one attached hydrogen (secondary N) is 2. The highest BCUT2D eigenvalue weighted by Crippen LogP contribution is 2.30. The summed E-state index contributed by atoms with van der Waals surface area (Å²) in [5, 5.41) is 6.81. The van der Waals surface area contributed by atoms with E-state index >= 15 is 0 Å². The van der Waals surface area contributed by atoms with E-state index < -0.39 is 0 Å². The van der Waals surface area contributed by atoms with E-state index in [0.29, 0.717) is 0 Å². The van der Waals surface area contributed by atoms with Crippen LogP contribution < -0.4 is 16.2 Å². The summed E-state index contributed by atoms with van der Waals surface area (Å²) in [4.78, 5) is 16.3. The Bertz CT molecular complexity index is 602. The number of aryl methyl sites for hydroxylation is 1. The van der Waals surface area contributed by atoms with Gasteiger partial charge < -0.3 is 15.2 Å². The third-order valence-corrected chi connectivity index (χ3v) is 5.21. The number of unbranched alkanes of at least 4 members (excludes halogenated alkanes) is 1. The van der Waals surface area contributed by atoms with Gasteiger partial charge in [-0.25, -0.2) is 0 Å².